The summed E-state index contributed by atoms with van der Waals surface area (Å²) in [6, 6.07) is 24.5. The van der Waals surface area contributed by atoms with Gasteiger partial charge in [-0.3, -0.25) is 0 Å². The van der Waals surface area contributed by atoms with Gasteiger partial charge in [-0.1, -0.05) is 47.5 Å². The van der Waals surface area contributed by atoms with Gasteiger partial charge in [0.2, 0.25) is 0 Å². The number of rotatable bonds is 10. The van der Waals surface area contributed by atoms with Crippen LogP contribution in [0.2, 0.25) is 0 Å². The molecule has 12 heteroatoms. The summed E-state index contributed by atoms with van der Waals surface area (Å²) in [5.74, 6) is 1.06. The van der Waals surface area contributed by atoms with Crippen molar-refractivity contribution in [3.05, 3.63) is 107 Å². The zero-order chi connectivity index (χ0) is 31.6. The van der Waals surface area contributed by atoms with Crippen molar-refractivity contribution in [3.63, 3.8) is 0 Å². The number of methoxy groups -OCH3 is 2. The van der Waals surface area contributed by atoms with Crippen molar-refractivity contribution in [1.29, 1.82) is 5.26 Å². The molecule has 0 aromatic heterocycles. The van der Waals surface area contributed by atoms with Gasteiger partial charge in [-0.15, -0.1) is 11.6 Å². The predicted octanol–water partition coefficient (Wildman–Crippen LogP) is 6.35. The fourth-order valence-electron chi connectivity index (χ4n) is 3.60. The van der Waals surface area contributed by atoms with E-state index < -0.39 is 20.2 Å². The number of hydrogen-bond donors (Lipinski definition) is 0. The second-order valence-electron chi connectivity index (χ2n) is 9.14. The van der Waals surface area contributed by atoms with Crippen molar-refractivity contribution in [2.75, 3.05) is 14.2 Å². The summed E-state index contributed by atoms with van der Waals surface area (Å²) in [7, 11) is -5.00. The first-order valence-electron chi connectivity index (χ1n) is 12.7. The molecule has 0 unspecified atom stereocenters. The Morgan fingerprint density at radius 3 is 1.40 bits per heavy atom. The normalized spacial score (nSPS) is 11.0. The van der Waals surface area contributed by atoms with Gasteiger partial charge in [0.1, 0.15) is 9.79 Å². The highest BCUT2D eigenvalue weighted by Crippen LogP contribution is 2.32. The Bertz CT molecular complexity index is 1800. The smallest absolute Gasteiger partial charge is 0.339 e. The van der Waals surface area contributed by atoms with Crippen LogP contribution in [-0.2, 0) is 32.5 Å². The summed E-state index contributed by atoms with van der Waals surface area (Å²) in [4.78, 5) is 0.150. The molecule has 0 aliphatic carbocycles. The van der Waals surface area contributed by atoms with Crippen LogP contribution < -0.4 is 17.8 Å². The molecule has 0 spiro atoms. The number of aryl methyl sites for hydroxylation is 2. The minimum Gasteiger partial charge on any atom is -0.493 e. The lowest BCUT2D eigenvalue weighted by Gasteiger charge is -2.11. The molecule has 0 fully saturated rings. The number of nitriles is 1. The van der Waals surface area contributed by atoms with Crippen molar-refractivity contribution in [3.8, 4) is 29.1 Å². The van der Waals surface area contributed by atoms with Gasteiger partial charge in [0.25, 0.3) is 0 Å². The van der Waals surface area contributed by atoms with Crippen molar-refractivity contribution in [1.82, 2.24) is 0 Å². The van der Waals surface area contributed by atoms with Gasteiger partial charge in [0.05, 0.1) is 26.7 Å². The first-order valence-corrected chi connectivity index (χ1v) is 16.1. The number of hydrogen-bond acceptors (Lipinski definition) is 9. The highest BCUT2D eigenvalue weighted by molar-refractivity contribution is 7.87. The molecule has 0 N–H and O–H groups in total. The van der Waals surface area contributed by atoms with Gasteiger partial charge in [-0.25, -0.2) is 0 Å². The van der Waals surface area contributed by atoms with Gasteiger partial charge in [-0.05, 0) is 73.5 Å². The zero-order valence-electron chi connectivity index (χ0n) is 23.9. The van der Waals surface area contributed by atoms with E-state index in [-0.39, 0.29) is 39.3 Å². The van der Waals surface area contributed by atoms with E-state index in [4.69, 9.17) is 34.7 Å². The Balaban J connectivity index is 0.000000236. The van der Waals surface area contributed by atoms with Crippen molar-refractivity contribution in [2.45, 2.75) is 35.9 Å². The quantitative estimate of drug-likeness (QED) is 0.143. The molecule has 0 heterocycles. The lowest BCUT2D eigenvalue weighted by atomic mass is 10.1. The van der Waals surface area contributed by atoms with Crippen molar-refractivity contribution < 1.29 is 34.7 Å². The molecule has 0 saturated carbocycles. The Hall–Kier alpha value is -4.24. The second kappa shape index (κ2) is 14.8. The highest BCUT2D eigenvalue weighted by Gasteiger charge is 2.20. The lowest BCUT2D eigenvalue weighted by Crippen LogP contribution is -2.10. The van der Waals surface area contributed by atoms with Crippen LogP contribution >= 0.6 is 11.6 Å². The Labute approximate surface area is 257 Å². The van der Waals surface area contributed by atoms with Gasteiger partial charge in [0, 0.05) is 5.88 Å². The SMILES string of the molecule is COc1ccc(CC#N)cc1OS(=O)(=O)c1ccc(C)cc1.COc1ccc(CCl)cc1OS(=O)(=O)c1ccc(C)cc1. The third-order valence-corrected chi connectivity index (χ3v) is 8.72. The summed E-state index contributed by atoms with van der Waals surface area (Å²) < 4.78 is 69.7. The molecule has 0 amide bonds. The van der Waals surface area contributed by atoms with Crippen LogP contribution in [0.1, 0.15) is 22.3 Å². The summed E-state index contributed by atoms with van der Waals surface area (Å²) in [6.45, 7) is 3.75. The molecule has 9 nitrogen and oxygen atoms in total. The minimum absolute atomic E-state index is 0.0610. The summed E-state index contributed by atoms with van der Waals surface area (Å²) in [5, 5.41) is 8.73. The van der Waals surface area contributed by atoms with Crippen LogP contribution in [0.3, 0.4) is 0 Å². The molecule has 0 radical (unpaired) electrons. The second-order valence-corrected chi connectivity index (χ2v) is 12.5. The van der Waals surface area contributed by atoms with Gasteiger partial charge in [-0.2, -0.15) is 22.1 Å². The monoisotopic (exact) mass is 643 g/mol. The molecule has 0 saturated heterocycles. The fourth-order valence-corrected chi connectivity index (χ4v) is 5.63. The lowest BCUT2D eigenvalue weighted by molar-refractivity contribution is 0.390. The van der Waals surface area contributed by atoms with Crippen LogP contribution in [0.5, 0.6) is 23.0 Å². The van der Waals surface area contributed by atoms with E-state index in [1.54, 1.807) is 54.6 Å². The first-order chi connectivity index (χ1) is 20.4. The number of ether oxygens (including phenoxy) is 2. The number of halogens is 1. The van der Waals surface area contributed by atoms with Crippen LogP contribution in [0.25, 0.3) is 0 Å². The maximum atomic E-state index is 12.3. The maximum Gasteiger partial charge on any atom is 0.339 e. The Kier molecular flexibility index (Phi) is 11.4. The molecule has 0 aliphatic rings. The summed E-state index contributed by atoms with van der Waals surface area (Å²) >= 11 is 5.75. The number of alkyl halides is 1. The minimum atomic E-state index is -3.96. The molecule has 43 heavy (non-hydrogen) atoms. The van der Waals surface area contributed by atoms with Crippen LogP contribution in [0, 0.1) is 25.2 Å². The molecule has 0 bridgehead atoms. The molecular weight excluding hydrogens is 614 g/mol. The van der Waals surface area contributed by atoms with Crippen molar-refractivity contribution >= 4 is 31.8 Å². The van der Waals surface area contributed by atoms with E-state index in [0.717, 1.165) is 16.7 Å². The molecule has 0 aliphatic heterocycles. The number of nitrogens with zero attached hydrogens (tertiary/aromatic N) is 1. The van der Waals surface area contributed by atoms with E-state index in [2.05, 4.69) is 0 Å². The van der Waals surface area contributed by atoms with E-state index in [9.17, 15) is 16.8 Å². The van der Waals surface area contributed by atoms with E-state index in [0.29, 0.717) is 11.3 Å². The molecule has 226 valence electrons. The molecule has 4 aromatic carbocycles. The zero-order valence-corrected chi connectivity index (χ0v) is 26.3. The highest BCUT2D eigenvalue weighted by atomic mass is 35.5. The molecule has 4 aromatic rings. The van der Waals surface area contributed by atoms with Gasteiger partial charge >= 0.3 is 20.2 Å². The van der Waals surface area contributed by atoms with Crippen LogP contribution in [0.15, 0.2) is 94.7 Å². The summed E-state index contributed by atoms with van der Waals surface area (Å²) in [5.41, 5.74) is 3.31. The average molecular weight is 644 g/mol. The number of benzene rings is 4. The molecular formula is C31H30ClNO8S2. The third-order valence-electron chi connectivity index (χ3n) is 5.91. The van der Waals surface area contributed by atoms with Crippen LogP contribution in [-0.4, -0.2) is 31.1 Å². The molecule has 0 atom stereocenters. The van der Waals surface area contributed by atoms with Crippen molar-refractivity contribution in [2.24, 2.45) is 0 Å². The first kappa shape index (κ1) is 33.3. The third kappa shape index (κ3) is 9.12. The van der Waals surface area contributed by atoms with E-state index in [1.165, 1.54) is 44.6 Å². The fraction of sp³-hybridized carbons (Fsp3) is 0.194. The van der Waals surface area contributed by atoms with E-state index >= 15 is 0 Å². The predicted molar refractivity (Wildman–Crippen MR) is 163 cm³/mol. The topological polar surface area (TPSA) is 129 Å². The van der Waals surface area contributed by atoms with Crippen LogP contribution in [0.4, 0.5) is 0 Å². The largest absolute Gasteiger partial charge is 0.493 e. The molecule has 4 rings (SSSR count). The van der Waals surface area contributed by atoms with Gasteiger partial charge < -0.3 is 17.8 Å². The Morgan fingerprint density at radius 2 is 1.02 bits per heavy atom. The van der Waals surface area contributed by atoms with E-state index in [1.807, 2.05) is 19.9 Å². The standard InChI is InChI=1S/C16H15NO4S.C15H15ClO4S/c1-12-3-6-14(7-4-12)22(18,19)21-16-11-13(9-10-17)5-8-15(16)20-2;1-11-3-6-13(7-4-11)21(17,18)20-15-9-12(10-16)5-8-14(15)19-2/h3-8,11H,9H2,1-2H3;3-9H,10H2,1-2H3. The maximum absolute atomic E-state index is 12.3. The average Bonchev–Trinajstić information content (AvgIpc) is 2.98. The Morgan fingerprint density at radius 1 is 0.628 bits per heavy atom. The summed E-state index contributed by atoms with van der Waals surface area (Å²) in [6.07, 6.45) is 0.158. The van der Waals surface area contributed by atoms with Gasteiger partial charge in [0.15, 0.2) is 23.0 Å².